The van der Waals surface area contributed by atoms with Crippen LogP contribution in [0.4, 0.5) is 0 Å². The summed E-state index contributed by atoms with van der Waals surface area (Å²) in [4.78, 5) is 0. The Labute approximate surface area is 125 Å². The Hall–Kier alpha value is -0.400. The number of rotatable bonds is 2. The maximum Gasteiger partial charge on any atom is 0.120 e. The van der Waals surface area contributed by atoms with Crippen LogP contribution < -0.4 is 4.74 Å². The third kappa shape index (κ3) is 2.36. The Morgan fingerprint density at radius 3 is 2.58 bits per heavy atom. The Morgan fingerprint density at radius 1 is 1.21 bits per heavy atom. The van der Waals surface area contributed by atoms with Gasteiger partial charge in [0, 0.05) is 22.2 Å². The van der Waals surface area contributed by atoms with E-state index in [1.807, 2.05) is 25.1 Å². The summed E-state index contributed by atoms with van der Waals surface area (Å²) in [6.07, 6.45) is 7.64. The lowest BCUT2D eigenvalue weighted by Gasteiger charge is -2.55. The van der Waals surface area contributed by atoms with E-state index in [1.54, 1.807) is 0 Å². The summed E-state index contributed by atoms with van der Waals surface area (Å²) in [5.74, 6) is 0.931. The standard InChI is InChI=1S/C16H20Cl2O/c1-11-9-12(5-6-13(11)17)19-15-10-14(18)16(15)7-3-2-4-8-16/h5-6,9,14-15H,2-4,7-8,10H2,1H3. The molecule has 1 aromatic rings. The van der Waals surface area contributed by atoms with Crippen LogP contribution in [0.2, 0.25) is 5.02 Å². The van der Waals surface area contributed by atoms with Gasteiger partial charge in [-0.3, -0.25) is 0 Å². The highest BCUT2D eigenvalue weighted by Gasteiger charge is 2.55. The molecule has 2 unspecified atom stereocenters. The third-order valence-electron chi connectivity index (χ3n) is 4.88. The van der Waals surface area contributed by atoms with Gasteiger partial charge >= 0.3 is 0 Å². The predicted octanol–water partition coefficient (Wildman–Crippen LogP) is 5.36. The van der Waals surface area contributed by atoms with Crippen LogP contribution in [0.15, 0.2) is 18.2 Å². The first kappa shape index (κ1) is 13.6. The van der Waals surface area contributed by atoms with E-state index in [2.05, 4.69) is 0 Å². The molecule has 1 nitrogen and oxygen atoms in total. The molecule has 1 aromatic carbocycles. The van der Waals surface area contributed by atoms with E-state index in [1.165, 1.54) is 32.1 Å². The summed E-state index contributed by atoms with van der Waals surface area (Å²) in [6, 6.07) is 5.91. The monoisotopic (exact) mass is 298 g/mol. The first-order chi connectivity index (χ1) is 9.12. The van der Waals surface area contributed by atoms with Crippen LogP contribution in [0, 0.1) is 12.3 Å². The van der Waals surface area contributed by atoms with E-state index in [0.29, 0.717) is 5.38 Å². The molecule has 2 fully saturated rings. The molecule has 0 aliphatic heterocycles. The molecular formula is C16H20Cl2O. The van der Waals surface area contributed by atoms with Crippen LogP contribution in [-0.4, -0.2) is 11.5 Å². The second-order valence-corrected chi connectivity index (χ2v) is 6.95. The molecule has 3 rings (SSSR count). The van der Waals surface area contributed by atoms with Crippen LogP contribution in [0.1, 0.15) is 44.1 Å². The van der Waals surface area contributed by atoms with Gasteiger partial charge in [0.1, 0.15) is 11.9 Å². The number of halogens is 2. The highest BCUT2D eigenvalue weighted by Crippen LogP contribution is 2.55. The van der Waals surface area contributed by atoms with Crippen LogP contribution in [0.25, 0.3) is 0 Å². The Kier molecular flexibility index (Phi) is 3.70. The average Bonchev–Trinajstić information content (AvgIpc) is 2.43. The largest absolute Gasteiger partial charge is 0.490 e. The lowest BCUT2D eigenvalue weighted by atomic mass is 9.58. The molecule has 2 aliphatic rings. The molecule has 0 heterocycles. The fourth-order valence-electron chi connectivity index (χ4n) is 3.56. The van der Waals surface area contributed by atoms with Crippen LogP contribution in [-0.2, 0) is 0 Å². The number of benzene rings is 1. The summed E-state index contributed by atoms with van der Waals surface area (Å²) in [5.41, 5.74) is 1.30. The zero-order valence-electron chi connectivity index (χ0n) is 11.3. The molecule has 0 radical (unpaired) electrons. The van der Waals surface area contributed by atoms with Crippen molar-refractivity contribution >= 4 is 23.2 Å². The molecule has 0 N–H and O–H groups in total. The minimum Gasteiger partial charge on any atom is -0.490 e. The minimum atomic E-state index is 0.230. The van der Waals surface area contributed by atoms with Gasteiger partial charge in [0.2, 0.25) is 0 Å². The lowest BCUT2D eigenvalue weighted by molar-refractivity contribution is -0.0650. The minimum absolute atomic E-state index is 0.230. The van der Waals surface area contributed by atoms with Crippen molar-refractivity contribution in [2.75, 3.05) is 0 Å². The van der Waals surface area contributed by atoms with Gasteiger partial charge in [0.25, 0.3) is 0 Å². The van der Waals surface area contributed by atoms with Gasteiger partial charge in [-0.05, 0) is 43.5 Å². The fraction of sp³-hybridized carbons (Fsp3) is 0.625. The van der Waals surface area contributed by atoms with Crippen molar-refractivity contribution in [1.29, 1.82) is 0 Å². The molecule has 104 valence electrons. The average molecular weight is 299 g/mol. The molecule has 2 saturated carbocycles. The van der Waals surface area contributed by atoms with E-state index in [-0.39, 0.29) is 11.5 Å². The number of ether oxygens (including phenoxy) is 1. The molecular weight excluding hydrogens is 279 g/mol. The van der Waals surface area contributed by atoms with Crippen molar-refractivity contribution in [3.63, 3.8) is 0 Å². The maximum absolute atomic E-state index is 6.50. The van der Waals surface area contributed by atoms with Crippen molar-refractivity contribution in [2.24, 2.45) is 5.41 Å². The van der Waals surface area contributed by atoms with Crippen molar-refractivity contribution in [3.8, 4) is 5.75 Å². The summed E-state index contributed by atoms with van der Waals surface area (Å²) < 4.78 is 6.21. The zero-order valence-corrected chi connectivity index (χ0v) is 12.8. The SMILES string of the molecule is Cc1cc(OC2CC(Cl)C23CCCCC3)ccc1Cl. The first-order valence-electron chi connectivity index (χ1n) is 7.19. The van der Waals surface area contributed by atoms with E-state index in [0.717, 1.165) is 22.8 Å². The smallest absolute Gasteiger partial charge is 0.120 e. The van der Waals surface area contributed by atoms with Gasteiger partial charge in [-0.1, -0.05) is 30.9 Å². The van der Waals surface area contributed by atoms with Crippen LogP contribution >= 0.6 is 23.2 Å². The highest BCUT2D eigenvalue weighted by molar-refractivity contribution is 6.31. The molecule has 0 saturated heterocycles. The Balaban J connectivity index is 1.74. The van der Waals surface area contributed by atoms with Gasteiger partial charge in [0.05, 0.1) is 0 Å². The van der Waals surface area contributed by atoms with Gasteiger partial charge in [-0.25, -0.2) is 0 Å². The van der Waals surface area contributed by atoms with Crippen molar-refractivity contribution < 1.29 is 4.74 Å². The normalized spacial score (nSPS) is 29.0. The molecule has 0 bridgehead atoms. The molecule has 2 atom stereocenters. The van der Waals surface area contributed by atoms with Crippen molar-refractivity contribution in [3.05, 3.63) is 28.8 Å². The number of hydrogen-bond acceptors (Lipinski definition) is 1. The van der Waals surface area contributed by atoms with Gasteiger partial charge in [-0.15, -0.1) is 11.6 Å². The summed E-state index contributed by atoms with van der Waals surface area (Å²) in [5, 5.41) is 1.09. The molecule has 19 heavy (non-hydrogen) atoms. The number of hydrogen-bond donors (Lipinski definition) is 0. The summed E-state index contributed by atoms with van der Waals surface area (Å²) in [6.45, 7) is 2.01. The van der Waals surface area contributed by atoms with E-state index >= 15 is 0 Å². The second kappa shape index (κ2) is 5.18. The fourth-order valence-corrected chi connectivity index (χ4v) is 4.20. The first-order valence-corrected chi connectivity index (χ1v) is 8.00. The van der Waals surface area contributed by atoms with Crippen molar-refractivity contribution in [2.45, 2.75) is 56.9 Å². The predicted molar refractivity (Wildman–Crippen MR) is 80.4 cm³/mol. The summed E-state index contributed by atoms with van der Waals surface area (Å²) >= 11 is 12.6. The third-order valence-corrected chi connectivity index (χ3v) is 5.92. The number of alkyl halides is 1. The maximum atomic E-state index is 6.50. The summed E-state index contributed by atoms with van der Waals surface area (Å²) in [7, 11) is 0. The van der Waals surface area contributed by atoms with Gasteiger partial charge in [-0.2, -0.15) is 0 Å². The molecule has 1 spiro atoms. The van der Waals surface area contributed by atoms with Crippen molar-refractivity contribution in [1.82, 2.24) is 0 Å². The van der Waals surface area contributed by atoms with E-state index < -0.39 is 0 Å². The zero-order chi connectivity index (χ0) is 13.5. The topological polar surface area (TPSA) is 9.23 Å². The van der Waals surface area contributed by atoms with Crippen LogP contribution in [0.3, 0.4) is 0 Å². The van der Waals surface area contributed by atoms with E-state index in [9.17, 15) is 0 Å². The molecule has 0 aromatic heterocycles. The van der Waals surface area contributed by atoms with Gasteiger partial charge < -0.3 is 4.74 Å². The molecule has 0 amide bonds. The lowest BCUT2D eigenvalue weighted by Crippen LogP contribution is -2.58. The Morgan fingerprint density at radius 2 is 1.95 bits per heavy atom. The van der Waals surface area contributed by atoms with E-state index in [4.69, 9.17) is 27.9 Å². The highest BCUT2D eigenvalue weighted by atomic mass is 35.5. The molecule has 2 aliphatic carbocycles. The van der Waals surface area contributed by atoms with Crippen LogP contribution in [0.5, 0.6) is 5.75 Å². The number of aryl methyl sites for hydroxylation is 1. The second-order valence-electron chi connectivity index (χ2n) is 6.01. The Bertz CT molecular complexity index is 466. The molecule has 3 heteroatoms. The quantitative estimate of drug-likeness (QED) is 0.668. The van der Waals surface area contributed by atoms with Gasteiger partial charge in [0.15, 0.2) is 0 Å².